The van der Waals surface area contributed by atoms with Crippen LogP contribution in [0.1, 0.15) is 13.3 Å². The van der Waals surface area contributed by atoms with E-state index in [4.69, 9.17) is 4.74 Å². The minimum atomic E-state index is -0.410. The SMILES string of the molecule is CCNc1cc([N+](=O)[O-])cc(NCC2CCOC2)n1. The summed E-state index contributed by atoms with van der Waals surface area (Å²) in [6.07, 6.45) is 1.02. The predicted octanol–water partition coefficient (Wildman–Crippen LogP) is 1.87. The van der Waals surface area contributed by atoms with Crippen LogP contribution in [-0.2, 0) is 4.74 Å². The topological polar surface area (TPSA) is 89.3 Å². The summed E-state index contributed by atoms with van der Waals surface area (Å²) in [7, 11) is 0. The van der Waals surface area contributed by atoms with Crippen molar-refractivity contribution in [2.45, 2.75) is 13.3 Å². The first-order valence-corrected chi connectivity index (χ1v) is 6.41. The van der Waals surface area contributed by atoms with Gasteiger partial charge in [-0.3, -0.25) is 10.1 Å². The number of ether oxygens (including phenoxy) is 1. The first-order valence-electron chi connectivity index (χ1n) is 6.41. The molecule has 0 spiro atoms. The van der Waals surface area contributed by atoms with Crippen molar-refractivity contribution >= 4 is 17.3 Å². The Balaban J connectivity index is 2.06. The van der Waals surface area contributed by atoms with Gasteiger partial charge in [0.1, 0.15) is 11.6 Å². The normalized spacial score (nSPS) is 18.3. The quantitative estimate of drug-likeness (QED) is 0.603. The van der Waals surface area contributed by atoms with E-state index in [9.17, 15) is 10.1 Å². The van der Waals surface area contributed by atoms with Gasteiger partial charge < -0.3 is 15.4 Å². The van der Waals surface area contributed by atoms with Crippen LogP contribution in [0.4, 0.5) is 17.3 Å². The molecule has 1 saturated heterocycles. The second-order valence-corrected chi connectivity index (χ2v) is 4.49. The number of pyridine rings is 1. The molecular formula is C12H18N4O3. The van der Waals surface area contributed by atoms with Gasteiger partial charge in [0.05, 0.1) is 23.7 Å². The van der Waals surface area contributed by atoms with E-state index in [2.05, 4.69) is 15.6 Å². The second kappa shape index (κ2) is 6.33. The third kappa shape index (κ3) is 3.78. The molecule has 19 heavy (non-hydrogen) atoms. The standard InChI is InChI=1S/C12H18N4O3/c1-2-13-11-5-10(16(17)18)6-12(15-11)14-7-9-3-4-19-8-9/h5-6,9H,2-4,7-8H2,1H3,(H2,13,14,15). The smallest absolute Gasteiger partial charge is 0.276 e. The lowest BCUT2D eigenvalue weighted by Gasteiger charge is -2.11. The maximum Gasteiger partial charge on any atom is 0.276 e. The average Bonchev–Trinajstić information content (AvgIpc) is 2.89. The number of hydrogen-bond acceptors (Lipinski definition) is 6. The van der Waals surface area contributed by atoms with E-state index in [0.717, 1.165) is 26.2 Å². The van der Waals surface area contributed by atoms with Gasteiger partial charge in [0.2, 0.25) is 0 Å². The minimum Gasteiger partial charge on any atom is -0.381 e. The fourth-order valence-electron chi connectivity index (χ4n) is 1.98. The highest BCUT2D eigenvalue weighted by atomic mass is 16.6. The highest BCUT2D eigenvalue weighted by Crippen LogP contribution is 2.21. The van der Waals surface area contributed by atoms with E-state index >= 15 is 0 Å². The van der Waals surface area contributed by atoms with Crippen LogP contribution in [-0.4, -0.2) is 36.2 Å². The summed E-state index contributed by atoms with van der Waals surface area (Å²) < 4.78 is 5.29. The third-order valence-corrected chi connectivity index (χ3v) is 2.97. The zero-order valence-electron chi connectivity index (χ0n) is 10.9. The van der Waals surface area contributed by atoms with E-state index in [1.165, 1.54) is 12.1 Å². The molecule has 0 radical (unpaired) electrons. The molecule has 7 nitrogen and oxygen atoms in total. The number of nitrogens with one attached hydrogen (secondary N) is 2. The largest absolute Gasteiger partial charge is 0.381 e. The Kier molecular flexibility index (Phi) is 4.51. The van der Waals surface area contributed by atoms with E-state index in [0.29, 0.717) is 24.1 Å². The first-order chi connectivity index (χ1) is 9.19. The molecule has 104 valence electrons. The zero-order chi connectivity index (χ0) is 13.7. The van der Waals surface area contributed by atoms with Gasteiger partial charge in [-0.1, -0.05) is 0 Å². The summed E-state index contributed by atoms with van der Waals surface area (Å²) >= 11 is 0. The van der Waals surface area contributed by atoms with E-state index in [1.807, 2.05) is 6.92 Å². The molecule has 0 saturated carbocycles. The van der Waals surface area contributed by atoms with Crippen LogP contribution in [0.15, 0.2) is 12.1 Å². The van der Waals surface area contributed by atoms with Crippen LogP contribution in [0.25, 0.3) is 0 Å². The van der Waals surface area contributed by atoms with Crippen molar-refractivity contribution in [1.29, 1.82) is 0 Å². The Bertz CT molecular complexity index is 447. The van der Waals surface area contributed by atoms with E-state index in [1.54, 1.807) is 0 Å². The van der Waals surface area contributed by atoms with Gasteiger partial charge in [-0.2, -0.15) is 0 Å². The van der Waals surface area contributed by atoms with Gasteiger partial charge in [0.25, 0.3) is 5.69 Å². The third-order valence-electron chi connectivity index (χ3n) is 2.97. The van der Waals surface area contributed by atoms with Gasteiger partial charge >= 0.3 is 0 Å². The molecule has 1 aliphatic rings. The highest BCUT2D eigenvalue weighted by molar-refractivity contribution is 5.54. The minimum absolute atomic E-state index is 0.0381. The summed E-state index contributed by atoms with van der Waals surface area (Å²) in [5, 5.41) is 17.0. The Morgan fingerprint density at radius 3 is 2.79 bits per heavy atom. The molecule has 0 aromatic carbocycles. The second-order valence-electron chi connectivity index (χ2n) is 4.49. The van der Waals surface area contributed by atoms with Crippen LogP contribution in [0.3, 0.4) is 0 Å². The highest BCUT2D eigenvalue weighted by Gasteiger charge is 2.16. The summed E-state index contributed by atoms with van der Waals surface area (Å²) in [5.74, 6) is 1.49. The Hall–Kier alpha value is -1.89. The molecule has 7 heteroatoms. The molecule has 0 bridgehead atoms. The molecule has 1 atom stereocenters. The summed E-state index contributed by atoms with van der Waals surface area (Å²) in [6.45, 7) is 4.84. The molecule has 2 rings (SSSR count). The Labute approximate surface area is 111 Å². The fraction of sp³-hybridized carbons (Fsp3) is 0.583. The average molecular weight is 266 g/mol. The van der Waals surface area contributed by atoms with Crippen molar-refractivity contribution < 1.29 is 9.66 Å². The lowest BCUT2D eigenvalue weighted by atomic mass is 10.1. The van der Waals surface area contributed by atoms with Crippen LogP contribution >= 0.6 is 0 Å². The zero-order valence-corrected chi connectivity index (χ0v) is 10.9. The van der Waals surface area contributed by atoms with Gasteiger partial charge in [-0.15, -0.1) is 0 Å². The van der Waals surface area contributed by atoms with Crippen LogP contribution in [0.5, 0.6) is 0 Å². The van der Waals surface area contributed by atoms with Gasteiger partial charge in [-0.25, -0.2) is 4.98 Å². The fourth-order valence-corrected chi connectivity index (χ4v) is 1.98. The number of rotatable bonds is 6. The maximum absolute atomic E-state index is 10.9. The van der Waals surface area contributed by atoms with Crippen molar-refractivity contribution in [2.75, 3.05) is 36.9 Å². The molecule has 1 unspecified atom stereocenters. The molecule has 1 aromatic rings. The van der Waals surface area contributed by atoms with Crippen molar-refractivity contribution in [3.8, 4) is 0 Å². The van der Waals surface area contributed by atoms with Gasteiger partial charge in [-0.05, 0) is 13.3 Å². The van der Waals surface area contributed by atoms with E-state index in [-0.39, 0.29) is 5.69 Å². The summed E-state index contributed by atoms with van der Waals surface area (Å²) in [4.78, 5) is 14.8. The number of nitrogens with zero attached hydrogens (tertiary/aromatic N) is 2. The molecular weight excluding hydrogens is 248 g/mol. The van der Waals surface area contributed by atoms with Crippen LogP contribution in [0, 0.1) is 16.0 Å². The van der Waals surface area contributed by atoms with Crippen molar-refractivity contribution in [1.82, 2.24) is 4.98 Å². The van der Waals surface area contributed by atoms with Crippen LogP contribution in [0.2, 0.25) is 0 Å². The molecule has 0 amide bonds. The van der Waals surface area contributed by atoms with Gasteiger partial charge in [0, 0.05) is 25.6 Å². The summed E-state index contributed by atoms with van der Waals surface area (Å²) in [5.41, 5.74) is 0.0381. The number of nitro groups is 1. The van der Waals surface area contributed by atoms with Crippen molar-refractivity contribution in [3.63, 3.8) is 0 Å². The molecule has 1 fully saturated rings. The monoisotopic (exact) mass is 266 g/mol. The molecule has 1 aliphatic heterocycles. The summed E-state index contributed by atoms with van der Waals surface area (Å²) in [6, 6.07) is 2.89. The lowest BCUT2D eigenvalue weighted by Crippen LogP contribution is -2.15. The van der Waals surface area contributed by atoms with Gasteiger partial charge in [0.15, 0.2) is 0 Å². The number of aromatic nitrogens is 1. The Morgan fingerprint density at radius 2 is 2.21 bits per heavy atom. The van der Waals surface area contributed by atoms with E-state index < -0.39 is 4.92 Å². The predicted molar refractivity (Wildman–Crippen MR) is 72.5 cm³/mol. The number of anilines is 2. The first kappa shape index (κ1) is 13.5. The molecule has 0 aliphatic carbocycles. The molecule has 1 aromatic heterocycles. The van der Waals surface area contributed by atoms with Crippen LogP contribution < -0.4 is 10.6 Å². The maximum atomic E-state index is 10.9. The molecule has 2 N–H and O–H groups in total. The Morgan fingerprint density at radius 1 is 1.47 bits per heavy atom. The lowest BCUT2D eigenvalue weighted by molar-refractivity contribution is -0.384. The molecule has 2 heterocycles. The van der Waals surface area contributed by atoms with Crippen molar-refractivity contribution in [3.05, 3.63) is 22.2 Å². The van der Waals surface area contributed by atoms with Crippen molar-refractivity contribution in [2.24, 2.45) is 5.92 Å². The number of hydrogen-bond donors (Lipinski definition) is 2.